The molecule has 1 amide bonds. The number of ether oxygens (including phenoxy) is 2. The van der Waals surface area contributed by atoms with E-state index >= 15 is 0 Å². The number of amides is 1. The predicted octanol–water partition coefficient (Wildman–Crippen LogP) is 7.95. The van der Waals surface area contributed by atoms with Crippen molar-refractivity contribution in [1.29, 1.82) is 0 Å². The molecule has 0 saturated carbocycles. The molecule has 0 rings (SSSR count). The number of hydrogen-bond donors (Lipinski definition) is 1. The Bertz CT molecular complexity index is 441. The lowest BCUT2D eigenvalue weighted by Crippen LogP contribution is -2.46. The van der Waals surface area contributed by atoms with Gasteiger partial charge in [0.1, 0.15) is 6.04 Å². The summed E-state index contributed by atoms with van der Waals surface area (Å²) in [5.41, 5.74) is 0. The van der Waals surface area contributed by atoms with Crippen molar-refractivity contribution in [2.75, 3.05) is 13.2 Å². The first-order chi connectivity index (χ1) is 15.6. The predicted molar refractivity (Wildman–Crippen MR) is 134 cm³/mol. The minimum atomic E-state index is -0.638. The number of carbonyl (C=O) groups is 2. The van der Waals surface area contributed by atoms with Gasteiger partial charge in [0.2, 0.25) is 0 Å². The van der Waals surface area contributed by atoms with Crippen molar-refractivity contribution < 1.29 is 19.1 Å². The summed E-state index contributed by atoms with van der Waals surface area (Å²) >= 11 is 0. The van der Waals surface area contributed by atoms with E-state index in [1.54, 1.807) is 0 Å². The number of esters is 1. The number of alkyl carbamates (subject to hydrolysis) is 1. The molecular formula is C27H53NO4. The van der Waals surface area contributed by atoms with Crippen molar-refractivity contribution in [3.63, 3.8) is 0 Å². The van der Waals surface area contributed by atoms with Gasteiger partial charge in [0.05, 0.1) is 13.2 Å². The molecule has 0 bridgehead atoms. The summed E-state index contributed by atoms with van der Waals surface area (Å²) in [4.78, 5) is 24.4. The lowest BCUT2D eigenvalue weighted by atomic mass is 9.99. The summed E-state index contributed by atoms with van der Waals surface area (Å²) in [6.07, 6.45) is 20.3. The summed E-state index contributed by atoms with van der Waals surface area (Å²) in [6, 6.07) is -0.638. The first kappa shape index (κ1) is 30.7. The lowest BCUT2D eigenvalue weighted by Gasteiger charge is -2.22. The molecule has 0 radical (unpaired) electrons. The van der Waals surface area contributed by atoms with Crippen LogP contribution in [0.5, 0.6) is 0 Å². The van der Waals surface area contributed by atoms with Crippen LogP contribution < -0.4 is 5.32 Å². The van der Waals surface area contributed by atoms with Crippen molar-refractivity contribution in [2.45, 2.75) is 143 Å². The third-order valence-corrected chi connectivity index (χ3v) is 6.21. The molecule has 0 heterocycles. The molecule has 1 N–H and O–H groups in total. The number of carbonyl (C=O) groups excluding carboxylic acids is 2. The van der Waals surface area contributed by atoms with Gasteiger partial charge in [-0.2, -0.15) is 0 Å². The highest BCUT2D eigenvalue weighted by atomic mass is 16.6. The minimum Gasteiger partial charge on any atom is -0.464 e. The van der Waals surface area contributed by atoms with Crippen molar-refractivity contribution in [2.24, 2.45) is 5.92 Å². The molecule has 0 spiro atoms. The van der Waals surface area contributed by atoms with Crippen LogP contribution in [0.2, 0.25) is 0 Å². The molecule has 32 heavy (non-hydrogen) atoms. The van der Waals surface area contributed by atoms with Gasteiger partial charge in [-0.3, -0.25) is 0 Å². The minimum absolute atomic E-state index is 0.0116. The van der Waals surface area contributed by atoms with Gasteiger partial charge in [0, 0.05) is 0 Å². The van der Waals surface area contributed by atoms with Crippen molar-refractivity contribution in [1.82, 2.24) is 5.32 Å². The van der Waals surface area contributed by atoms with E-state index in [2.05, 4.69) is 12.2 Å². The van der Waals surface area contributed by atoms with Gasteiger partial charge < -0.3 is 14.8 Å². The Hall–Kier alpha value is -1.26. The van der Waals surface area contributed by atoms with E-state index < -0.39 is 12.1 Å². The van der Waals surface area contributed by atoms with Gasteiger partial charge in [-0.1, -0.05) is 124 Å². The summed E-state index contributed by atoms with van der Waals surface area (Å²) in [7, 11) is 0. The Morgan fingerprint density at radius 2 is 1.06 bits per heavy atom. The smallest absolute Gasteiger partial charge is 0.407 e. The summed E-state index contributed by atoms with van der Waals surface area (Å²) in [5, 5.41) is 2.69. The highest BCUT2D eigenvalue weighted by molar-refractivity contribution is 5.81. The Morgan fingerprint density at radius 1 is 0.625 bits per heavy atom. The molecule has 0 aliphatic heterocycles. The number of unbranched alkanes of at least 4 members (excludes halogenated alkanes) is 14. The van der Waals surface area contributed by atoms with Gasteiger partial charge in [0.25, 0.3) is 0 Å². The topological polar surface area (TPSA) is 64.6 Å². The van der Waals surface area contributed by atoms with Crippen LogP contribution in [0.15, 0.2) is 0 Å². The van der Waals surface area contributed by atoms with E-state index in [1.807, 2.05) is 20.8 Å². The van der Waals surface area contributed by atoms with Crippen LogP contribution >= 0.6 is 0 Å². The molecule has 0 aliphatic carbocycles. The molecule has 0 aliphatic rings. The van der Waals surface area contributed by atoms with Gasteiger partial charge in [0.15, 0.2) is 0 Å². The molecule has 5 nitrogen and oxygen atoms in total. The average Bonchev–Trinajstić information content (AvgIpc) is 2.79. The van der Waals surface area contributed by atoms with E-state index in [0.29, 0.717) is 13.2 Å². The van der Waals surface area contributed by atoms with Crippen LogP contribution in [0.4, 0.5) is 4.79 Å². The Kier molecular flexibility index (Phi) is 22.0. The van der Waals surface area contributed by atoms with E-state index in [-0.39, 0.29) is 11.9 Å². The second kappa shape index (κ2) is 22.9. The van der Waals surface area contributed by atoms with Crippen LogP contribution in [0.3, 0.4) is 0 Å². The van der Waals surface area contributed by atoms with Crippen LogP contribution in [-0.4, -0.2) is 31.3 Å². The maximum absolute atomic E-state index is 12.5. The van der Waals surface area contributed by atoms with Crippen molar-refractivity contribution >= 4 is 12.1 Å². The molecule has 2 atom stereocenters. The second-order valence-corrected chi connectivity index (χ2v) is 9.26. The molecule has 0 saturated heterocycles. The maximum Gasteiger partial charge on any atom is 0.407 e. The standard InChI is InChI=1S/C27H53NO4/c1-5-8-10-11-12-13-14-15-16-17-18-19-20-21-23-31-26(29)25(24(4)7-3)28-27(30)32-22-9-6-2/h24-25H,5-23H2,1-4H3,(H,28,30)/t24?,25-/m0/s1. The summed E-state index contributed by atoms with van der Waals surface area (Å²) in [5.74, 6) is -0.334. The fourth-order valence-electron chi connectivity index (χ4n) is 3.71. The Morgan fingerprint density at radius 3 is 1.53 bits per heavy atom. The maximum atomic E-state index is 12.5. The molecule has 0 aromatic carbocycles. The third kappa shape index (κ3) is 18.3. The lowest BCUT2D eigenvalue weighted by molar-refractivity contribution is -0.147. The van der Waals surface area contributed by atoms with E-state index in [1.165, 1.54) is 77.0 Å². The van der Waals surface area contributed by atoms with Gasteiger partial charge in [-0.05, 0) is 18.8 Å². The molecule has 5 heteroatoms. The SMILES string of the molecule is CCCCCCCCCCCCCCCCOC(=O)[C@@H](NC(=O)OCCCC)C(C)CC. The summed E-state index contributed by atoms with van der Waals surface area (Å²) in [6.45, 7) is 9.06. The van der Waals surface area contributed by atoms with Crippen LogP contribution in [0.1, 0.15) is 137 Å². The molecule has 0 fully saturated rings. The van der Waals surface area contributed by atoms with Crippen LogP contribution in [0, 0.1) is 5.92 Å². The quantitative estimate of drug-likeness (QED) is 0.133. The number of rotatable bonds is 22. The van der Waals surface area contributed by atoms with E-state index in [0.717, 1.165) is 32.1 Å². The van der Waals surface area contributed by atoms with Gasteiger partial charge in [-0.25, -0.2) is 9.59 Å². The van der Waals surface area contributed by atoms with Crippen LogP contribution in [-0.2, 0) is 14.3 Å². The monoisotopic (exact) mass is 455 g/mol. The zero-order valence-electron chi connectivity index (χ0n) is 21.7. The second-order valence-electron chi connectivity index (χ2n) is 9.26. The van der Waals surface area contributed by atoms with Crippen LogP contribution in [0.25, 0.3) is 0 Å². The first-order valence-corrected chi connectivity index (χ1v) is 13.7. The molecule has 1 unspecified atom stereocenters. The number of nitrogens with one attached hydrogen (secondary N) is 1. The molecule has 190 valence electrons. The Balaban J connectivity index is 3.73. The Labute approximate surface area is 198 Å². The molecule has 0 aromatic heterocycles. The van der Waals surface area contributed by atoms with E-state index in [9.17, 15) is 9.59 Å². The highest BCUT2D eigenvalue weighted by Crippen LogP contribution is 2.14. The number of hydrogen-bond acceptors (Lipinski definition) is 4. The average molecular weight is 456 g/mol. The summed E-state index contributed by atoms with van der Waals surface area (Å²) < 4.78 is 10.6. The largest absolute Gasteiger partial charge is 0.464 e. The van der Waals surface area contributed by atoms with Gasteiger partial charge in [-0.15, -0.1) is 0 Å². The zero-order chi connectivity index (χ0) is 23.9. The van der Waals surface area contributed by atoms with Crippen molar-refractivity contribution in [3.05, 3.63) is 0 Å². The molecular weight excluding hydrogens is 402 g/mol. The zero-order valence-corrected chi connectivity index (χ0v) is 21.7. The van der Waals surface area contributed by atoms with E-state index in [4.69, 9.17) is 9.47 Å². The fourth-order valence-corrected chi connectivity index (χ4v) is 3.71. The van der Waals surface area contributed by atoms with Crippen molar-refractivity contribution in [3.8, 4) is 0 Å². The normalized spacial score (nSPS) is 12.9. The first-order valence-electron chi connectivity index (χ1n) is 13.7. The third-order valence-electron chi connectivity index (χ3n) is 6.21. The molecule has 0 aromatic rings. The van der Waals surface area contributed by atoms with Gasteiger partial charge >= 0.3 is 12.1 Å². The highest BCUT2D eigenvalue weighted by Gasteiger charge is 2.27. The fraction of sp³-hybridized carbons (Fsp3) is 0.926.